The van der Waals surface area contributed by atoms with Crippen LogP contribution in [-0.4, -0.2) is 31.4 Å². The van der Waals surface area contributed by atoms with Crippen molar-refractivity contribution in [3.8, 4) is 17.2 Å². The highest BCUT2D eigenvalue weighted by Crippen LogP contribution is 2.30. The van der Waals surface area contributed by atoms with E-state index in [1.54, 1.807) is 33.1 Å². The maximum atomic E-state index is 5.61. The minimum Gasteiger partial charge on any atom is -0.497 e. The molecule has 190 valence electrons. The maximum Gasteiger partial charge on any atom is 0.165 e. The summed E-state index contributed by atoms with van der Waals surface area (Å²) in [6.45, 7) is 1.37. The number of benzene rings is 4. The summed E-state index contributed by atoms with van der Waals surface area (Å²) in [6, 6.07) is 34.7. The summed E-state index contributed by atoms with van der Waals surface area (Å²) in [5.41, 5.74) is 4.38. The van der Waals surface area contributed by atoms with Gasteiger partial charge in [0.1, 0.15) is 22.9 Å². The number of ether oxygens (including phenoxy) is 3. The molecule has 0 bridgehead atoms. The Morgan fingerprint density at radius 1 is 0.622 bits per heavy atom. The molecule has 37 heavy (non-hydrogen) atoms. The van der Waals surface area contributed by atoms with Crippen molar-refractivity contribution in [1.29, 1.82) is 0 Å². The fourth-order valence-corrected chi connectivity index (χ4v) is 4.80. The summed E-state index contributed by atoms with van der Waals surface area (Å²) in [4.78, 5) is 7.44. The Labute approximate surface area is 223 Å². The third-order valence-corrected chi connectivity index (χ3v) is 6.93. The van der Waals surface area contributed by atoms with E-state index in [-0.39, 0.29) is 0 Å². The molecule has 0 aliphatic carbocycles. The van der Waals surface area contributed by atoms with Crippen LogP contribution >= 0.6 is 11.8 Å². The highest BCUT2D eigenvalue weighted by atomic mass is 32.2. The standard InChI is InChI=1S/C31H32N2O3S/c1-34-27-17-13-24(14-18-27)21-33(22-25-15-19-28(35-2)20-16-25)31(37-23-26-9-5-4-6-10-26)32-29-11-7-8-12-30(29)36-3/h4-20H,21-23H2,1-3H3. The van der Waals surface area contributed by atoms with E-state index in [9.17, 15) is 0 Å². The van der Waals surface area contributed by atoms with Crippen molar-refractivity contribution in [2.24, 2.45) is 4.99 Å². The first kappa shape index (κ1) is 26.2. The van der Waals surface area contributed by atoms with Crippen molar-refractivity contribution in [3.63, 3.8) is 0 Å². The van der Waals surface area contributed by atoms with Crippen LogP contribution in [0.2, 0.25) is 0 Å². The molecule has 0 saturated carbocycles. The lowest BCUT2D eigenvalue weighted by atomic mass is 10.1. The van der Waals surface area contributed by atoms with Gasteiger partial charge in [0, 0.05) is 18.8 Å². The predicted molar refractivity (Wildman–Crippen MR) is 153 cm³/mol. The molecule has 4 rings (SSSR count). The van der Waals surface area contributed by atoms with Crippen LogP contribution in [0.5, 0.6) is 17.2 Å². The van der Waals surface area contributed by atoms with Crippen LogP contribution in [0.3, 0.4) is 0 Å². The first-order chi connectivity index (χ1) is 18.2. The van der Waals surface area contributed by atoms with E-state index in [4.69, 9.17) is 19.2 Å². The van der Waals surface area contributed by atoms with E-state index in [2.05, 4.69) is 53.4 Å². The van der Waals surface area contributed by atoms with Gasteiger partial charge in [-0.1, -0.05) is 78.5 Å². The number of thioether (sulfide) groups is 1. The Kier molecular flexibility index (Phi) is 9.49. The fourth-order valence-electron chi connectivity index (χ4n) is 3.84. The number of para-hydroxylation sites is 2. The monoisotopic (exact) mass is 512 g/mol. The second kappa shape index (κ2) is 13.4. The summed E-state index contributed by atoms with van der Waals surface area (Å²) in [6.07, 6.45) is 0. The Morgan fingerprint density at radius 2 is 1.16 bits per heavy atom. The molecule has 0 aromatic heterocycles. The minimum absolute atomic E-state index is 0.686. The molecule has 4 aromatic rings. The Morgan fingerprint density at radius 3 is 1.70 bits per heavy atom. The summed E-state index contributed by atoms with van der Waals surface area (Å²) in [5.74, 6) is 3.23. The zero-order chi connectivity index (χ0) is 25.9. The molecule has 6 heteroatoms. The maximum absolute atomic E-state index is 5.61. The molecule has 0 fully saturated rings. The third-order valence-electron chi connectivity index (χ3n) is 5.85. The molecule has 0 atom stereocenters. The molecule has 0 amide bonds. The summed E-state index contributed by atoms with van der Waals surface area (Å²) in [5, 5.41) is 0.917. The molecule has 0 aliphatic rings. The van der Waals surface area contributed by atoms with Crippen molar-refractivity contribution >= 4 is 22.6 Å². The van der Waals surface area contributed by atoms with Gasteiger partial charge in [-0.3, -0.25) is 0 Å². The molecule has 0 saturated heterocycles. The first-order valence-corrected chi connectivity index (χ1v) is 13.1. The molecule has 0 N–H and O–H groups in total. The van der Waals surface area contributed by atoms with Crippen LogP contribution in [0.25, 0.3) is 0 Å². The van der Waals surface area contributed by atoms with Crippen molar-refractivity contribution in [2.75, 3.05) is 21.3 Å². The normalized spacial score (nSPS) is 11.2. The Hall–Kier alpha value is -3.90. The summed E-state index contributed by atoms with van der Waals surface area (Å²) < 4.78 is 16.3. The zero-order valence-electron chi connectivity index (χ0n) is 21.5. The number of hydrogen-bond donors (Lipinski definition) is 0. The lowest BCUT2D eigenvalue weighted by molar-refractivity contribution is 0.404. The second-order valence-electron chi connectivity index (χ2n) is 8.39. The van der Waals surface area contributed by atoms with Gasteiger partial charge in [0.25, 0.3) is 0 Å². The average molecular weight is 513 g/mol. The Balaban J connectivity index is 1.71. The van der Waals surface area contributed by atoms with Crippen LogP contribution in [-0.2, 0) is 18.8 Å². The van der Waals surface area contributed by atoms with Gasteiger partial charge >= 0.3 is 0 Å². The van der Waals surface area contributed by atoms with Crippen molar-refractivity contribution < 1.29 is 14.2 Å². The van der Waals surface area contributed by atoms with Gasteiger partial charge in [-0.05, 0) is 53.1 Å². The van der Waals surface area contributed by atoms with E-state index in [1.165, 1.54) is 16.7 Å². The van der Waals surface area contributed by atoms with Crippen molar-refractivity contribution in [2.45, 2.75) is 18.8 Å². The number of methoxy groups -OCH3 is 3. The van der Waals surface area contributed by atoms with Crippen LogP contribution < -0.4 is 14.2 Å². The van der Waals surface area contributed by atoms with Gasteiger partial charge in [-0.2, -0.15) is 0 Å². The van der Waals surface area contributed by atoms with Gasteiger partial charge in [-0.15, -0.1) is 0 Å². The second-order valence-corrected chi connectivity index (χ2v) is 9.34. The molecule has 4 aromatic carbocycles. The topological polar surface area (TPSA) is 43.3 Å². The van der Waals surface area contributed by atoms with E-state index in [1.807, 2.05) is 54.6 Å². The summed E-state index contributed by atoms with van der Waals surface area (Å²) in [7, 11) is 5.05. The molecule has 0 radical (unpaired) electrons. The molecule has 5 nitrogen and oxygen atoms in total. The van der Waals surface area contributed by atoms with Gasteiger partial charge in [0.05, 0.1) is 21.3 Å². The van der Waals surface area contributed by atoms with E-state index in [0.29, 0.717) is 13.1 Å². The van der Waals surface area contributed by atoms with Gasteiger partial charge in [0.2, 0.25) is 0 Å². The van der Waals surface area contributed by atoms with Crippen LogP contribution in [0.4, 0.5) is 5.69 Å². The average Bonchev–Trinajstić information content (AvgIpc) is 2.96. The molecule has 0 heterocycles. The van der Waals surface area contributed by atoms with E-state index in [0.717, 1.165) is 33.9 Å². The quantitative estimate of drug-likeness (QED) is 0.164. The molecule has 0 aliphatic heterocycles. The molecular formula is C31H32N2O3S. The van der Waals surface area contributed by atoms with Gasteiger partial charge in [0.15, 0.2) is 5.17 Å². The highest BCUT2D eigenvalue weighted by molar-refractivity contribution is 8.13. The van der Waals surface area contributed by atoms with Crippen LogP contribution in [0.15, 0.2) is 108 Å². The van der Waals surface area contributed by atoms with E-state index < -0.39 is 0 Å². The van der Waals surface area contributed by atoms with Gasteiger partial charge < -0.3 is 19.1 Å². The molecule has 0 spiro atoms. The SMILES string of the molecule is COc1ccc(CN(Cc2ccc(OC)cc2)C(=Nc2ccccc2OC)SCc2ccccc2)cc1. The first-order valence-electron chi connectivity index (χ1n) is 12.1. The number of hydrogen-bond acceptors (Lipinski definition) is 5. The van der Waals surface area contributed by atoms with Crippen LogP contribution in [0.1, 0.15) is 16.7 Å². The number of aliphatic imine (C=N–C) groups is 1. The van der Waals surface area contributed by atoms with Crippen LogP contribution in [0, 0.1) is 0 Å². The number of rotatable bonds is 10. The minimum atomic E-state index is 0.686. The Bertz CT molecular complexity index is 1230. The highest BCUT2D eigenvalue weighted by Gasteiger charge is 2.16. The zero-order valence-corrected chi connectivity index (χ0v) is 22.3. The predicted octanol–water partition coefficient (Wildman–Crippen LogP) is 7.34. The lowest BCUT2D eigenvalue weighted by Gasteiger charge is -2.27. The summed E-state index contributed by atoms with van der Waals surface area (Å²) >= 11 is 1.72. The number of amidine groups is 1. The van der Waals surface area contributed by atoms with Gasteiger partial charge in [-0.25, -0.2) is 4.99 Å². The largest absolute Gasteiger partial charge is 0.497 e. The van der Waals surface area contributed by atoms with Crippen molar-refractivity contribution in [3.05, 3.63) is 120 Å². The molecular weight excluding hydrogens is 480 g/mol. The lowest BCUT2D eigenvalue weighted by Crippen LogP contribution is -2.28. The fraction of sp³-hybridized carbons (Fsp3) is 0.194. The number of nitrogens with zero attached hydrogens (tertiary/aromatic N) is 2. The smallest absolute Gasteiger partial charge is 0.165 e. The van der Waals surface area contributed by atoms with E-state index >= 15 is 0 Å². The third kappa shape index (κ3) is 7.54. The molecule has 0 unspecified atom stereocenters. The van der Waals surface area contributed by atoms with Crippen molar-refractivity contribution in [1.82, 2.24) is 4.90 Å².